The molecule has 0 spiro atoms. The van der Waals surface area contributed by atoms with E-state index >= 15 is 0 Å². The maximum absolute atomic E-state index is 14.0. The number of alkyl halides is 3. The highest BCUT2D eigenvalue weighted by Gasteiger charge is 2.43. The van der Waals surface area contributed by atoms with Gasteiger partial charge in [-0.3, -0.25) is 9.59 Å². The predicted octanol–water partition coefficient (Wildman–Crippen LogP) is 5.44. The van der Waals surface area contributed by atoms with E-state index in [-0.39, 0.29) is 35.1 Å². The van der Waals surface area contributed by atoms with Gasteiger partial charge in [-0.2, -0.15) is 13.2 Å². The number of hydrogen-bond donors (Lipinski definition) is 1. The van der Waals surface area contributed by atoms with Crippen molar-refractivity contribution < 1.29 is 41.4 Å². The molecular weight excluding hydrogens is 552 g/mol. The fraction of sp³-hybridized carbons (Fsp3) is 0.286. The van der Waals surface area contributed by atoms with E-state index in [0.29, 0.717) is 11.1 Å². The van der Waals surface area contributed by atoms with Crippen molar-refractivity contribution >= 4 is 23.6 Å². The Bertz CT molecular complexity index is 1340. The van der Waals surface area contributed by atoms with E-state index in [2.05, 4.69) is 5.32 Å². The van der Waals surface area contributed by atoms with E-state index in [4.69, 9.17) is 14.2 Å². The molecule has 1 heterocycles. The van der Waals surface area contributed by atoms with Crippen LogP contribution in [-0.4, -0.2) is 49.8 Å². The van der Waals surface area contributed by atoms with Crippen LogP contribution >= 0.6 is 11.8 Å². The zero-order valence-electron chi connectivity index (χ0n) is 21.8. The molecule has 0 bridgehead atoms. The van der Waals surface area contributed by atoms with Crippen LogP contribution in [0.15, 0.2) is 60.7 Å². The van der Waals surface area contributed by atoms with Gasteiger partial charge in [0, 0.05) is 17.9 Å². The minimum Gasteiger partial charge on any atom is -0.493 e. The summed E-state index contributed by atoms with van der Waals surface area (Å²) >= 11 is 1.25. The fourth-order valence-electron chi connectivity index (χ4n) is 4.31. The zero-order valence-corrected chi connectivity index (χ0v) is 22.6. The number of ether oxygens (including phenoxy) is 3. The van der Waals surface area contributed by atoms with Crippen LogP contribution in [0.2, 0.25) is 0 Å². The lowest BCUT2D eigenvalue weighted by Crippen LogP contribution is -2.47. The number of thioether (sulfide) groups is 1. The second-order valence-corrected chi connectivity index (χ2v) is 9.91. The van der Waals surface area contributed by atoms with Gasteiger partial charge in [-0.15, -0.1) is 11.8 Å². The molecule has 1 saturated heterocycles. The van der Waals surface area contributed by atoms with Crippen LogP contribution < -0.4 is 19.5 Å². The highest BCUT2D eigenvalue weighted by molar-refractivity contribution is 7.99. The van der Waals surface area contributed by atoms with Gasteiger partial charge in [-0.05, 0) is 47.5 Å². The standard InChI is InChI=1S/C28H26F4N2O5S/c1-37-22-12-18(13-23(38-2)24(22)39-3)26(36)34-21(25(35)33-14-16-4-10-20(29)11-5-16)15-40-27(34)17-6-8-19(9-7-17)28(30,31)32/h4-13,21,27H,14-15H2,1-3H3,(H,33,35). The summed E-state index contributed by atoms with van der Waals surface area (Å²) in [6.45, 7) is 0.0947. The zero-order chi connectivity index (χ0) is 29.0. The van der Waals surface area contributed by atoms with E-state index in [1.807, 2.05) is 0 Å². The number of halogens is 4. The molecule has 3 aromatic carbocycles. The lowest BCUT2D eigenvalue weighted by molar-refractivity contribution is -0.137. The van der Waals surface area contributed by atoms with Crippen molar-refractivity contribution in [3.63, 3.8) is 0 Å². The summed E-state index contributed by atoms with van der Waals surface area (Å²) in [7, 11) is 4.21. The van der Waals surface area contributed by atoms with Crippen molar-refractivity contribution in [2.24, 2.45) is 0 Å². The van der Waals surface area contributed by atoms with Gasteiger partial charge in [0.2, 0.25) is 11.7 Å². The van der Waals surface area contributed by atoms with Gasteiger partial charge in [-0.1, -0.05) is 24.3 Å². The van der Waals surface area contributed by atoms with Crippen molar-refractivity contribution in [3.05, 3.63) is 88.7 Å². The molecule has 212 valence electrons. The topological polar surface area (TPSA) is 77.1 Å². The molecule has 0 radical (unpaired) electrons. The molecule has 0 aromatic heterocycles. The molecule has 2 atom stereocenters. The Morgan fingerprint density at radius 2 is 1.55 bits per heavy atom. The third kappa shape index (κ3) is 6.11. The lowest BCUT2D eigenvalue weighted by Gasteiger charge is -2.29. The van der Waals surface area contributed by atoms with E-state index in [1.54, 1.807) is 0 Å². The van der Waals surface area contributed by atoms with Gasteiger partial charge < -0.3 is 24.4 Å². The molecule has 2 unspecified atom stereocenters. The average molecular weight is 579 g/mol. The van der Waals surface area contributed by atoms with E-state index in [1.165, 1.54) is 86.5 Å². The van der Waals surface area contributed by atoms with Crippen LogP contribution in [0, 0.1) is 5.82 Å². The Morgan fingerprint density at radius 1 is 0.950 bits per heavy atom. The summed E-state index contributed by atoms with van der Waals surface area (Å²) in [6.07, 6.45) is -4.52. The Hall–Kier alpha value is -3.93. The highest BCUT2D eigenvalue weighted by Crippen LogP contribution is 2.45. The highest BCUT2D eigenvalue weighted by atomic mass is 32.2. The average Bonchev–Trinajstić information content (AvgIpc) is 3.40. The largest absolute Gasteiger partial charge is 0.493 e. The molecule has 2 amide bonds. The van der Waals surface area contributed by atoms with Gasteiger partial charge in [0.1, 0.15) is 17.2 Å². The summed E-state index contributed by atoms with van der Waals surface area (Å²) in [5, 5.41) is 2.02. The van der Waals surface area contributed by atoms with E-state index in [9.17, 15) is 27.2 Å². The van der Waals surface area contributed by atoms with Gasteiger partial charge in [0.15, 0.2) is 11.5 Å². The maximum Gasteiger partial charge on any atom is 0.416 e. The third-order valence-electron chi connectivity index (χ3n) is 6.35. The van der Waals surface area contributed by atoms with Crippen molar-refractivity contribution in [1.29, 1.82) is 0 Å². The fourth-order valence-corrected chi connectivity index (χ4v) is 5.74. The van der Waals surface area contributed by atoms with Gasteiger partial charge in [0.05, 0.1) is 26.9 Å². The molecule has 4 rings (SSSR count). The lowest BCUT2D eigenvalue weighted by atomic mass is 10.1. The minimum atomic E-state index is -4.52. The second kappa shape index (κ2) is 12.1. The number of amides is 2. The monoisotopic (exact) mass is 578 g/mol. The van der Waals surface area contributed by atoms with E-state index in [0.717, 1.165) is 12.1 Å². The third-order valence-corrected chi connectivity index (χ3v) is 7.68. The molecular formula is C28H26F4N2O5S. The van der Waals surface area contributed by atoms with Gasteiger partial charge >= 0.3 is 6.18 Å². The summed E-state index contributed by atoms with van der Waals surface area (Å²) in [5.74, 6) is -0.533. The maximum atomic E-state index is 14.0. The number of nitrogens with one attached hydrogen (secondary N) is 1. The van der Waals surface area contributed by atoms with Crippen molar-refractivity contribution in [1.82, 2.24) is 10.2 Å². The normalized spacial score (nSPS) is 16.9. The molecule has 0 aliphatic carbocycles. The molecule has 7 nitrogen and oxygen atoms in total. The van der Waals surface area contributed by atoms with Crippen LogP contribution in [0.3, 0.4) is 0 Å². The van der Waals surface area contributed by atoms with E-state index < -0.39 is 40.8 Å². The number of hydrogen-bond acceptors (Lipinski definition) is 6. The van der Waals surface area contributed by atoms with Crippen LogP contribution in [0.1, 0.15) is 32.4 Å². The molecule has 40 heavy (non-hydrogen) atoms. The number of carbonyl (C=O) groups is 2. The summed E-state index contributed by atoms with van der Waals surface area (Å²) < 4.78 is 68.8. The molecule has 3 aromatic rings. The number of carbonyl (C=O) groups excluding carboxylic acids is 2. The summed E-state index contributed by atoms with van der Waals surface area (Å²) in [6, 6.07) is 12.0. The molecule has 1 fully saturated rings. The predicted molar refractivity (Wildman–Crippen MR) is 141 cm³/mol. The SMILES string of the molecule is COc1cc(C(=O)N2C(C(=O)NCc3ccc(F)cc3)CSC2c2ccc(C(F)(F)F)cc2)cc(OC)c1OC. The molecule has 0 saturated carbocycles. The van der Waals surface area contributed by atoms with Crippen LogP contribution in [0.5, 0.6) is 17.2 Å². The van der Waals surface area contributed by atoms with Gasteiger partial charge in [-0.25, -0.2) is 4.39 Å². The van der Waals surface area contributed by atoms with Gasteiger partial charge in [0.25, 0.3) is 5.91 Å². The molecule has 1 N–H and O–H groups in total. The summed E-state index contributed by atoms with van der Waals surface area (Å²) in [4.78, 5) is 28.6. The first-order valence-corrected chi connectivity index (χ1v) is 13.1. The Balaban J connectivity index is 1.69. The number of rotatable bonds is 8. The Morgan fingerprint density at radius 3 is 2.08 bits per heavy atom. The Kier molecular flexibility index (Phi) is 8.77. The first-order valence-electron chi connectivity index (χ1n) is 12.0. The number of nitrogens with zero attached hydrogens (tertiary/aromatic N) is 1. The van der Waals surface area contributed by atoms with Crippen LogP contribution in [0.25, 0.3) is 0 Å². The number of benzene rings is 3. The van der Waals surface area contributed by atoms with Crippen molar-refractivity contribution in [3.8, 4) is 17.2 Å². The van der Waals surface area contributed by atoms with Crippen molar-refractivity contribution in [2.45, 2.75) is 24.1 Å². The van der Waals surface area contributed by atoms with Crippen molar-refractivity contribution in [2.75, 3.05) is 27.1 Å². The summed E-state index contributed by atoms with van der Waals surface area (Å²) in [5.41, 5.74) is 0.385. The first kappa shape index (κ1) is 29.1. The molecule has 12 heteroatoms. The van der Waals surface area contributed by atoms with Crippen LogP contribution in [0.4, 0.5) is 17.6 Å². The second-order valence-electron chi connectivity index (χ2n) is 8.79. The minimum absolute atomic E-state index is 0.0947. The quantitative estimate of drug-likeness (QED) is 0.359. The Labute approximate surface area is 232 Å². The number of methoxy groups -OCH3 is 3. The molecule has 1 aliphatic rings. The first-order chi connectivity index (χ1) is 19.1. The molecule has 1 aliphatic heterocycles. The smallest absolute Gasteiger partial charge is 0.416 e. The van der Waals surface area contributed by atoms with Crippen LogP contribution in [-0.2, 0) is 17.5 Å².